The summed E-state index contributed by atoms with van der Waals surface area (Å²) in [5, 5.41) is 0. The molecule has 0 spiro atoms. The Kier molecular flexibility index (Phi) is 109. The molecule has 18 valence electrons. The molecule has 0 bridgehead atoms. The molecule has 0 aliphatic heterocycles. The van der Waals surface area contributed by atoms with E-state index in [0.717, 1.165) is 0 Å². The topological polar surface area (TPSA) is 45.6 Å². The molecule has 0 fully saturated rings. The summed E-state index contributed by atoms with van der Waals surface area (Å²) >= 11 is 0.500. The van der Waals surface area contributed by atoms with Gasteiger partial charge in [0.25, 0.3) is 0 Å². The van der Waals surface area contributed by atoms with E-state index in [1.54, 1.807) is 0 Å². The van der Waals surface area contributed by atoms with Crippen LogP contribution in [0, 0.1) is 0 Å². The van der Waals surface area contributed by atoms with Crippen LogP contribution in [0.2, 0.25) is 0 Å². The minimum atomic E-state index is 0. The maximum absolute atomic E-state index is 8.30. The van der Waals surface area contributed by atoms with Gasteiger partial charge >= 0.3 is 53.3 Å². The monoisotopic (exact) mass is 267 g/mol. The molecule has 0 aliphatic carbocycles. The van der Waals surface area contributed by atoms with Gasteiger partial charge in [-0.25, -0.2) is 0 Å². The zero-order valence-corrected chi connectivity index (χ0v) is 8.56. The molecule has 0 N–H and O–H groups in total. The van der Waals surface area contributed by atoms with Gasteiger partial charge in [0, 0.05) is 0 Å². The van der Waals surface area contributed by atoms with Gasteiger partial charge in [-0.15, -0.1) is 0 Å². The van der Waals surface area contributed by atoms with Crippen molar-refractivity contribution in [3.05, 3.63) is 0 Å². The summed E-state index contributed by atoms with van der Waals surface area (Å²) < 4.78 is 8.30. The summed E-state index contributed by atoms with van der Waals surface area (Å²) in [4.78, 5) is 0. The van der Waals surface area contributed by atoms with Gasteiger partial charge in [0.05, 0.1) is 0 Å². The second-order valence-electron chi connectivity index (χ2n) is 0. The van der Waals surface area contributed by atoms with Gasteiger partial charge in [0.2, 0.25) is 0 Å². The van der Waals surface area contributed by atoms with Crippen LogP contribution in [0.5, 0.6) is 0 Å². The second-order valence-corrected chi connectivity index (χ2v) is 0. The van der Waals surface area contributed by atoms with E-state index in [1.165, 1.54) is 0 Å². The van der Waals surface area contributed by atoms with Gasteiger partial charge in [-0.3, -0.25) is 0 Å². The molecule has 0 atom stereocenters. The van der Waals surface area contributed by atoms with Crippen LogP contribution in [0.15, 0.2) is 0 Å². The summed E-state index contributed by atoms with van der Waals surface area (Å²) in [5.74, 6) is 0. The number of hydrogen-bond donors (Lipinski definition) is 0. The molecule has 0 aliphatic rings. The molecule has 0 aromatic carbocycles. The quantitative estimate of drug-likeness (QED) is 0.539. The Morgan fingerprint density at radius 3 is 1.25 bits per heavy atom. The molecule has 0 unspecified atom stereocenters. The molecule has 0 rings (SSSR count). The summed E-state index contributed by atoms with van der Waals surface area (Å²) in [7, 11) is 0. The Morgan fingerprint density at radius 2 is 1.25 bits per heavy atom. The fourth-order valence-electron chi connectivity index (χ4n) is 0. The third-order valence-corrected chi connectivity index (χ3v) is 0. The van der Waals surface area contributed by atoms with Crippen molar-refractivity contribution in [1.29, 1.82) is 0 Å². The van der Waals surface area contributed by atoms with Crippen LogP contribution in [-0.4, -0.2) is 23.0 Å². The van der Waals surface area contributed by atoms with Crippen LogP contribution in [0.3, 0.4) is 0 Å². The molecular formula is CdO2Sb+. The maximum atomic E-state index is 8.30. The van der Waals surface area contributed by atoms with Crippen molar-refractivity contribution in [2.45, 2.75) is 0 Å². The van der Waals surface area contributed by atoms with E-state index < -0.39 is 0 Å². The average molecular weight is 266 g/mol. The van der Waals surface area contributed by atoms with Crippen molar-refractivity contribution >= 4 is 23.0 Å². The van der Waals surface area contributed by atoms with Gasteiger partial charge in [-0.05, 0) is 0 Å². The van der Waals surface area contributed by atoms with E-state index in [1.807, 2.05) is 0 Å². The minimum absolute atomic E-state index is 0. The van der Waals surface area contributed by atoms with E-state index in [2.05, 4.69) is 0 Å². The van der Waals surface area contributed by atoms with E-state index >= 15 is 0 Å². The molecule has 0 heterocycles. The van der Waals surface area contributed by atoms with E-state index in [-0.39, 0.29) is 32.8 Å². The van der Waals surface area contributed by atoms with E-state index in [9.17, 15) is 0 Å². The summed E-state index contributed by atoms with van der Waals surface area (Å²) in [6.07, 6.45) is 0. The van der Waals surface area contributed by atoms with Crippen LogP contribution < -0.4 is 0 Å². The predicted octanol–water partition coefficient (Wildman–Crippen LogP) is -0.621. The summed E-state index contributed by atoms with van der Waals surface area (Å²) in [5.41, 5.74) is 0. The third kappa shape index (κ3) is 9.72. The van der Waals surface area contributed by atoms with Gasteiger partial charge in [-0.1, -0.05) is 0 Å². The molecule has 2 nitrogen and oxygen atoms in total. The van der Waals surface area contributed by atoms with Crippen molar-refractivity contribution in [3.63, 3.8) is 0 Å². The van der Waals surface area contributed by atoms with Crippen LogP contribution >= 0.6 is 0 Å². The molecule has 0 aromatic rings. The Balaban J connectivity index is -0.00000000500. The van der Waals surface area contributed by atoms with Crippen molar-refractivity contribution in [2.24, 2.45) is 0 Å². The van der Waals surface area contributed by atoms with Gasteiger partial charge in [-0.2, -0.15) is 0 Å². The van der Waals surface area contributed by atoms with E-state index in [0.29, 0.717) is 23.0 Å². The zero-order valence-electron chi connectivity index (χ0n) is 1.97. The molecule has 4 heteroatoms. The Morgan fingerprint density at radius 1 is 1.25 bits per heavy atom. The van der Waals surface area contributed by atoms with Crippen molar-refractivity contribution in [2.75, 3.05) is 0 Å². The first-order valence-corrected chi connectivity index (χ1v) is 1.22. The Hall–Kier alpha value is 1.50. The zero-order chi connectivity index (χ0) is 2.00. The number of rotatable bonds is 0. The van der Waals surface area contributed by atoms with Gasteiger partial charge in [0.15, 0.2) is 0 Å². The summed E-state index contributed by atoms with van der Waals surface area (Å²) in [6.45, 7) is 0. The first-order chi connectivity index (χ1) is 1.00. The summed E-state index contributed by atoms with van der Waals surface area (Å²) in [6, 6.07) is 0. The SMILES string of the molecule is [Cd+2].[O-2].[O]=[Sb+]. The molecular weight excluding hydrogens is 266 g/mol. The fraction of sp³-hybridized carbons (Fsp3) is 0. The van der Waals surface area contributed by atoms with Gasteiger partial charge < -0.3 is 5.48 Å². The molecule has 0 saturated heterocycles. The Labute approximate surface area is 58.3 Å². The standard InChI is InChI=1S/Cd.2O.Sb/q+2;;-2;+1. The van der Waals surface area contributed by atoms with Crippen LogP contribution in [0.25, 0.3) is 0 Å². The second kappa shape index (κ2) is 24.5. The molecule has 0 saturated carbocycles. The van der Waals surface area contributed by atoms with Crippen molar-refractivity contribution < 1.29 is 35.8 Å². The Bertz CT molecular complexity index is 6.00. The first-order valence-electron chi connectivity index (χ1n) is 0.183. The molecule has 0 aromatic heterocycles. The van der Waals surface area contributed by atoms with Crippen molar-refractivity contribution in [1.82, 2.24) is 0 Å². The average Bonchev–Trinajstić information content (AvgIpc) is 1.00. The van der Waals surface area contributed by atoms with Gasteiger partial charge in [0.1, 0.15) is 0 Å². The van der Waals surface area contributed by atoms with Crippen molar-refractivity contribution in [3.8, 4) is 0 Å². The van der Waals surface area contributed by atoms with Crippen LogP contribution in [0.4, 0.5) is 0 Å². The van der Waals surface area contributed by atoms with E-state index in [4.69, 9.17) is 3.02 Å². The molecule has 0 amide bonds. The van der Waals surface area contributed by atoms with Crippen LogP contribution in [0.1, 0.15) is 0 Å². The third-order valence-electron chi connectivity index (χ3n) is 0. The normalized spacial score (nSPS) is 1.00. The first kappa shape index (κ1) is 17.8. The van der Waals surface area contributed by atoms with Crippen LogP contribution in [-0.2, 0) is 35.8 Å². The molecule has 2 radical (unpaired) electrons. The number of hydrogen-bond acceptors (Lipinski definition) is 1. The predicted molar refractivity (Wildman–Crippen MR) is 7.13 cm³/mol. The fourth-order valence-corrected chi connectivity index (χ4v) is 0. The molecule has 4 heavy (non-hydrogen) atoms.